The Hall–Kier alpha value is -2.18. The third-order valence-electron chi connectivity index (χ3n) is 2.75. The van der Waals surface area contributed by atoms with Crippen molar-refractivity contribution >= 4 is 17.3 Å². The highest BCUT2D eigenvalue weighted by atomic mass is 35.5. The molecule has 0 spiro atoms. The molecule has 0 saturated heterocycles. The number of hydrogen-bond acceptors (Lipinski definition) is 3. The van der Waals surface area contributed by atoms with Gasteiger partial charge in [0.1, 0.15) is 11.8 Å². The fraction of sp³-hybridized carbons (Fsp3) is 0.188. The second-order valence-corrected chi connectivity index (χ2v) is 4.66. The molecule has 2 rings (SSSR count). The van der Waals surface area contributed by atoms with Crippen LogP contribution in [0.4, 0.5) is 5.69 Å². The van der Waals surface area contributed by atoms with Gasteiger partial charge in [0.05, 0.1) is 17.2 Å². The standard InChI is InChI=1S/C16H15ClN2O/c17-16-11-14(8-7-13(16)12-18)19-9-4-10-20-15-5-2-1-3-6-15/h1-3,5-8,11,19H,4,9-10H2. The zero-order chi connectivity index (χ0) is 14.2. The van der Waals surface area contributed by atoms with Gasteiger partial charge in [-0.2, -0.15) is 5.26 Å². The molecule has 0 aliphatic carbocycles. The van der Waals surface area contributed by atoms with Crippen LogP contribution in [0.2, 0.25) is 5.02 Å². The van der Waals surface area contributed by atoms with Crippen molar-refractivity contribution in [2.45, 2.75) is 6.42 Å². The lowest BCUT2D eigenvalue weighted by molar-refractivity contribution is 0.315. The average Bonchev–Trinajstić information content (AvgIpc) is 2.48. The summed E-state index contributed by atoms with van der Waals surface area (Å²) < 4.78 is 5.60. The van der Waals surface area contributed by atoms with E-state index in [0.29, 0.717) is 17.2 Å². The number of hydrogen-bond donors (Lipinski definition) is 1. The van der Waals surface area contributed by atoms with Crippen LogP contribution >= 0.6 is 11.6 Å². The van der Waals surface area contributed by atoms with E-state index in [2.05, 4.69) is 5.32 Å². The summed E-state index contributed by atoms with van der Waals surface area (Å²) in [6.45, 7) is 1.44. The number of para-hydroxylation sites is 1. The SMILES string of the molecule is N#Cc1ccc(NCCCOc2ccccc2)cc1Cl. The predicted octanol–water partition coefficient (Wildman–Crippen LogP) is 4.09. The van der Waals surface area contributed by atoms with Crippen molar-refractivity contribution in [1.29, 1.82) is 5.26 Å². The molecule has 0 aliphatic rings. The molecular formula is C16H15ClN2O. The smallest absolute Gasteiger partial charge is 0.119 e. The number of nitriles is 1. The van der Waals surface area contributed by atoms with Crippen LogP contribution in [0.5, 0.6) is 5.75 Å². The summed E-state index contributed by atoms with van der Waals surface area (Å²) in [5.74, 6) is 0.883. The van der Waals surface area contributed by atoms with Gasteiger partial charge < -0.3 is 10.1 Å². The molecular weight excluding hydrogens is 272 g/mol. The summed E-state index contributed by atoms with van der Waals surface area (Å²) in [6.07, 6.45) is 0.881. The van der Waals surface area contributed by atoms with Crippen LogP contribution < -0.4 is 10.1 Å². The average molecular weight is 287 g/mol. The summed E-state index contributed by atoms with van der Waals surface area (Å²) in [5.41, 5.74) is 1.40. The summed E-state index contributed by atoms with van der Waals surface area (Å²) in [4.78, 5) is 0. The zero-order valence-electron chi connectivity index (χ0n) is 11.0. The van der Waals surface area contributed by atoms with E-state index < -0.39 is 0 Å². The number of benzene rings is 2. The number of nitrogens with one attached hydrogen (secondary N) is 1. The highest BCUT2D eigenvalue weighted by Gasteiger charge is 2.00. The Kier molecular flexibility index (Phi) is 5.28. The molecule has 0 bridgehead atoms. The minimum absolute atomic E-state index is 0.470. The molecule has 2 aromatic carbocycles. The molecule has 0 aliphatic heterocycles. The maximum absolute atomic E-state index is 8.79. The van der Waals surface area contributed by atoms with Gasteiger partial charge in [0.2, 0.25) is 0 Å². The molecule has 0 fully saturated rings. The Morgan fingerprint density at radius 3 is 2.65 bits per heavy atom. The van der Waals surface area contributed by atoms with Crippen molar-refractivity contribution in [3.05, 3.63) is 59.1 Å². The van der Waals surface area contributed by atoms with E-state index in [1.807, 2.05) is 42.5 Å². The van der Waals surface area contributed by atoms with Crippen LogP contribution in [0.15, 0.2) is 48.5 Å². The van der Waals surface area contributed by atoms with Gasteiger partial charge >= 0.3 is 0 Å². The maximum atomic E-state index is 8.79. The predicted molar refractivity (Wildman–Crippen MR) is 81.2 cm³/mol. The lowest BCUT2D eigenvalue weighted by Crippen LogP contribution is -2.07. The Morgan fingerprint density at radius 2 is 1.95 bits per heavy atom. The lowest BCUT2D eigenvalue weighted by Gasteiger charge is -2.08. The number of halogens is 1. The quantitative estimate of drug-likeness (QED) is 0.814. The van der Waals surface area contributed by atoms with Crippen molar-refractivity contribution in [3.63, 3.8) is 0 Å². The van der Waals surface area contributed by atoms with Gasteiger partial charge in [-0.05, 0) is 36.8 Å². The minimum atomic E-state index is 0.470. The Balaban J connectivity index is 1.71. The molecule has 102 valence electrons. The van der Waals surface area contributed by atoms with Crippen molar-refractivity contribution in [2.75, 3.05) is 18.5 Å². The molecule has 0 atom stereocenters. The number of ether oxygens (including phenoxy) is 1. The first-order valence-corrected chi connectivity index (χ1v) is 6.79. The Morgan fingerprint density at radius 1 is 1.15 bits per heavy atom. The minimum Gasteiger partial charge on any atom is -0.494 e. The fourth-order valence-corrected chi connectivity index (χ4v) is 1.95. The number of rotatable bonds is 6. The van der Waals surface area contributed by atoms with Gasteiger partial charge in [-0.25, -0.2) is 0 Å². The molecule has 0 amide bonds. The molecule has 0 radical (unpaired) electrons. The van der Waals surface area contributed by atoms with E-state index in [1.165, 1.54) is 0 Å². The van der Waals surface area contributed by atoms with Gasteiger partial charge in [-0.15, -0.1) is 0 Å². The first-order chi connectivity index (χ1) is 9.79. The van der Waals surface area contributed by atoms with Crippen LogP contribution in [0, 0.1) is 11.3 Å². The highest BCUT2D eigenvalue weighted by molar-refractivity contribution is 6.32. The van der Waals surface area contributed by atoms with Gasteiger partial charge in [-0.3, -0.25) is 0 Å². The van der Waals surface area contributed by atoms with E-state index in [1.54, 1.807) is 12.1 Å². The fourth-order valence-electron chi connectivity index (χ4n) is 1.73. The summed E-state index contributed by atoms with van der Waals surface area (Å²) in [7, 11) is 0. The maximum Gasteiger partial charge on any atom is 0.119 e. The van der Waals surface area contributed by atoms with Crippen LogP contribution in [0.25, 0.3) is 0 Å². The highest BCUT2D eigenvalue weighted by Crippen LogP contribution is 2.20. The van der Waals surface area contributed by atoms with Gasteiger partial charge in [0, 0.05) is 12.2 Å². The monoisotopic (exact) mass is 286 g/mol. The van der Waals surface area contributed by atoms with Crippen LogP contribution in [0.1, 0.15) is 12.0 Å². The molecule has 1 N–H and O–H groups in total. The Bertz CT molecular complexity index is 593. The summed E-state index contributed by atoms with van der Waals surface area (Å²) in [5, 5.41) is 12.5. The molecule has 0 heterocycles. The third kappa shape index (κ3) is 4.18. The van der Waals surface area contributed by atoms with Crippen LogP contribution in [-0.2, 0) is 0 Å². The second-order valence-electron chi connectivity index (χ2n) is 4.25. The van der Waals surface area contributed by atoms with Crippen molar-refractivity contribution < 1.29 is 4.74 Å². The number of anilines is 1. The normalized spacial score (nSPS) is 9.80. The second kappa shape index (κ2) is 7.42. The van der Waals surface area contributed by atoms with Crippen molar-refractivity contribution in [1.82, 2.24) is 0 Å². The summed E-state index contributed by atoms with van der Waals surface area (Å²) >= 11 is 5.96. The van der Waals surface area contributed by atoms with Gasteiger partial charge in [0.15, 0.2) is 0 Å². The van der Waals surface area contributed by atoms with Gasteiger partial charge in [-0.1, -0.05) is 29.8 Å². The van der Waals surface area contributed by atoms with Gasteiger partial charge in [0.25, 0.3) is 0 Å². The van der Waals surface area contributed by atoms with E-state index >= 15 is 0 Å². The van der Waals surface area contributed by atoms with E-state index in [4.69, 9.17) is 21.6 Å². The Labute approximate surface area is 123 Å². The molecule has 2 aromatic rings. The molecule has 20 heavy (non-hydrogen) atoms. The summed E-state index contributed by atoms with van der Waals surface area (Å²) in [6, 6.07) is 17.1. The first-order valence-electron chi connectivity index (χ1n) is 6.41. The topological polar surface area (TPSA) is 45.0 Å². The molecule has 0 aromatic heterocycles. The van der Waals surface area contributed by atoms with E-state index in [-0.39, 0.29) is 0 Å². The van der Waals surface area contributed by atoms with E-state index in [0.717, 1.165) is 24.4 Å². The first kappa shape index (κ1) is 14.2. The lowest BCUT2D eigenvalue weighted by atomic mass is 10.2. The zero-order valence-corrected chi connectivity index (χ0v) is 11.7. The van der Waals surface area contributed by atoms with Crippen LogP contribution in [-0.4, -0.2) is 13.2 Å². The van der Waals surface area contributed by atoms with Crippen LogP contribution in [0.3, 0.4) is 0 Å². The largest absolute Gasteiger partial charge is 0.494 e. The molecule has 4 heteroatoms. The van der Waals surface area contributed by atoms with Crippen molar-refractivity contribution in [3.8, 4) is 11.8 Å². The number of nitrogens with zero attached hydrogens (tertiary/aromatic N) is 1. The van der Waals surface area contributed by atoms with E-state index in [9.17, 15) is 0 Å². The molecule has 0 saturated carbocycles. The van der Waals surface area contributed by atoms with Crippen molar-refractivity contribution in [2.24, 2.45) is 0 Å². The molecule has 0 unspecified atom stereocenters. The third-order valence-corrected chi connectivity index (χ3v) is 3.06. The molecule has 3 nitrogen and oxygen atoms in total.